The number of hydrogen-bond donors (Lipinski definition) is 1. The molecular formula is C12H19N3O. The number of nitrogens with zero attached hydrogens (tertiary/aromatic N) is 2. The van der Waals surface area contributed by atoms with Gasteiger partial charge in [-0.2, -0.15) is 0 Å². The first-order valence-corrected chi connectivity index (χ1v) is 5.97. The van der Waals surface area contributed by atoms with Gasteiger partial charge in [-0.1, -0.05) is 0 Å². The molecule has 4 nitrogen and oxygen atoms in total. The Balaban J connectivity index is 2.67. The van der Waals surface area contributed by atoms with Gasteiger partial charge in [0.1, 0.15) is 0 Å². The average molecular weight is 221 g/mol. The van der Waals surface area contributed by atoms with E-state index in [2.05, 4.69) is 24.1 Å². The Kier molecular flexibility index (Phi) is 2.99. The molecule has 0 aliphatic heterocycles. The van der Waals surface area contributed by atoms with Gasteiger partial charge in [-0.15, -0.1) is 0 Å². The SMILES string of the molecule is CNc1nc2c(n(C(C)C)c1=O)CCCC2. The van der Waals surface area contributed by atoms with Gasteiger partial charge in [0.25, 0.3) is 5.56 Å². The first-order valence-electron chi connectivity index (χ1n) is 5.97. The number of aryl methyl sites for hydroxylation is 1. The molecule has 0 amide bonds. The summed E-state index contributed by atoms with van der Waals surface area (Å²) in [5, 5.41) is 2.90. The Morgan fingerprint density at radius 3 is 2.62 bits per heavy atom. The van der Waals surface area contributed by atoms with Gasteiger partial charge in [0.05, 0.1) is 5.69 Å². The summed E-state index contributed by atoms with van der Waals surface area (Å²) in [5.41, 5.74) is 2.26. The molecule has 0 fully saturated rings. The number of anilines is 1. The van der Waals surface area contributed by atoms with Crippen LogP contribution in [0.5, 0.6) is 0 Å². The van der Waals surface area contributed by atoms with E-state index in [1.165, 1.54) is 12.8 Å². The van der Waals surface area contributed by atoms with Crippen molar-refractivity contribution < 1.29 is 0 Å². The van der Waals surface area contributed by atoms with Crippen molar-refractivity contribution >= 4 is 5.82 Å². The number of fused-ring (bicyclic) bond motifs is 1. The van der Waals surface area contributed by atoms with Crippen LogP contribution in [0.4, 0.5) is 5.82 Å². The second kappa shape index (κ2) is 4.28. The molecule has 16 heavy (non-hydrogen) atoms. The highest BCUT2D eigenvalue weighted by Gasteiger charge is 2.19. The van der Waals surface area contributed by atoms with Gasteiger partial charge >= 0.3 is 0 Å². The van der Waals surface area contributed by atoms with Crippen LogP contribution in [0.2, 0.25) is 0 Å². The van der Waals surface area contributed by atoms with Gasteiger partial charge in [0.15, 0.2) is 5.82 Å². The molecule has 1 N–H and O–H groups in total. The quantitative estimate of drug-likeness (QED) is 0.827. The van der Waals surface area contributed by atoms with Crippen molar-refractivity contribution in [3.8, 4) is 0 Å². The Morgan fingerprint density at radius 2 is 2.00 bits per heavy atom. The maximum Gasteiger partial charge on any atom is 0.293 e. The third-order valence-corrected chi connectivity index (χ3v) is 3.12. The average Bonchev–Trinajstić information content (AvgIpc) is 2.27. The van der Waals surface area contributed by atoms with Gasteiger partial charge in [-0.05, 0) is 39.5 Å². The zero-order valence-corrected chi connectivity index (χ0v) is 10.2. The van der Waals surface area contributed by atoms with Gasteiger partial charge < -0.3 is 9.88 Å². The number of aromatic nitrogens is 2. The fourth-order valence-corrected chi connectivity index (χ4v) is 2.38. The molecule has 1 aliphatic carbocycles. The highest BCUT2D eigenvalue weighted by atomic mass is 16.1. The molecule has 0 atom stereocenters. The molecule has 1 aromatic rings. The zero-order chi connectivity index (χ0) is 11.7. The summed E-state index contributed by atoms with van der Waals surface area (Å²) in [6.45, 7) is 4.10. The maximum atomic E-state index is 12.2. The van der Waals surface area contributed by atoms with Crippen LogP contribution < -0.4 is 10.9 Å². The van der Waals surface area contributed by atoms with Crippen molar-refractivity contribution in [2.24, 2.45) is 0 Å². The van der Waals surface area contributed by atoms with Gasteiger partial charge in [-0.3, -0.25) is 4.79 Å². The van der Waals surface area contributed by atoms with Crippen LogP contribution in [0.15, 0.2) is 4.79 Å². The lowest BCUT2D eigenvalue weighted by Gasteiger charge is -2.23. The van der Waals surface area contributed by atoms with E-state index in [1.54, 1.807) is 7.05 Å². The fourth-order valence-electron chi connectivity index (χ4n) is 2.38. The normalized spacial score (nSPS) is 15.0. The number of nitrogens with one attached hydrogen (secondary N) is 1. The van der Waals surface area contributed by atoms with Crippen LogP contribution in [0.25, 0.3) is 0 Å². The molecule has 0 bridgehead atoms. The molecule has 0 saturated heterocycles. The van der Waals surface area contributed by atoms with Crippen LogP contribution >= 0.6 is 0 Å². The van der Waals surface area contributed by atoms with Crippen molar-refractivity contribution in [2.75, 3.05) is 12.4 Å². The van der Waals surface area contributed by atoms with E-state index < -0.39 is 0 Å². The zero-order valence-electron chi connectivity index (χ0n) is 10.2. The standard InChI is InChI=1S/C12H19N3O/c1-8(2)15-10-7-5-4-6-9(10)14-11(13-3)12(15)16/h8H,4-7H2,1-3H3,(H,13,14). The molecule has 2 rings (SSSR count). The molecule has 0 saturated carbocycles. The van der Waals surface area contributed by atoms with Crippen molar-refractivity contribution in [3.63, 3.8) is 0 Å². The van der Waals surface area contributed by atoms with E-state index in [1.807, 2.05) is 4.57 Å². The maximum absolute atomic E-state index is 12.2. The minimum atomic E-state index is 0.0122. The molecule has 0 radical (unpaired) electrons. The molecule has 0 aromatic carbocycles. The summed E-state index contributed by atoms with van der Waals surface area (Å²) in [6.07, 6.45) is 4.33. The molecule has 0 spiro atoms. The summed E-state index contributed by atoms with van der Waals surface area (Å²) in [5.74, 6) is 0.481. The van der Waals surface area contributed by atoms with E-state index >= 15 is 0 Å². The summed E-state index contributed by atoms with van der Waals surface area (Å²) in [7, 11) is 1.75. The Hall–Kier alpha value is -1.32. The topological polar surface area (TPSA) is 46.9 Å². The lowest BCUT2D eigenvalue weighted by atomic mass is 9.99. The molecule has 0 unspecified atom stereocenters. The predicted octanol–water partition coefficient (Wildman–Crippen LogP) is 1.74. The molecule has 1 heterocycles. The minimum absolute atomic E-state index is 0.0122. The lowest BCUT2D eigenvalue weighted by molar-refractivity contribution is 0.510. The van der Waals surface area contributed by atoms with E-state index in [9.17, 15) is 4.79 Å². The van der Waals surface area contributed by atoms with E-state index in [-0.39, 0.29) is 11.6 Å². The first-order chi connectivity index (χ1) is 7.65. The summed E-state index contributed by atoms with van der Waals surface area (Å²) < 4.78 is 1.90. The van der Waals surface area contributed by atoms with E-state index in [4.69, 9.17) is 0 Å². The fraction of sp³-hybridized carbons (Fsp3) is 0.667. The van der Waals surface area contributed by atoms with Crippen molar-refractivity contribution in [1.82, 2.24) is 9.55 Å². The van der Waals surface area contributed by atoms with Gasteiger partial charge in [0, 0.05) is 18.8 Å². The highest BCUT2D eigenvalue weighted by Crippen LogP contribution is 2.21. The Bertz CT molecular complexity index is 448. The van der Waals surface area contributed by atoms with Crippen molar-refractivity contribution in [3.05, 3.63) is 21.7 Å². The largest absolute Gasteiger partial charge is 0.369 e. The number of rotatable bonds is 2. The predicted molar refractivity (Wildman–Crippen MR) is 65.1 cm³/mol. The van der Waals surface area contributed by atoms with Crippen LogP contribution in [0, 0.1) is 0 Å². The van der Waals surface area contributed by atoms with Crippen LogP contribution in [-0.2, 0) is 12.8 Å². The van der Waals surface area contributed by atoms with Crippen LogP contribution in [-0.4, -0.2) is 16.6 Å². The Morgan fingerprint density at radius 1 is 1.31 bits per heavy atom. The lowest BCUT2D eigenvalue weighted by Crippen LogP contribution is -2.31. The first kappa shape index (κ1) is 11.2. The minimum Gasteiger partial charge on any atom is -0.369 e. The van der Waals surface area contributed by atoms with Crippen molar-refractivity contribution in [1.29, 1.82) is 0 Å². The Labute approximate surface area is 95.7 Å². The molecule has 88 valence electrons. The van der Waals surface area contributed by atoms with Gasteiger partial charge in [0.2, 0.25) is 0 Å². The number of hydrogen-bond acceptors (Lipinski definition) is 3. The molecular weight excluding hydrogens is 202 g/mol. The van der Waals surface area contributed by atoms with E-state index in [0.717, 1.165) is 24.2 Å². The third-order valence-electron chi connectivity index (χ3n) is 3.12. The summed E-state index contributed by atoms with van der Waals surface area (Å²) in [4.78, 5) is 16.6. The van der Waals surface area contributed by atoms with Crippen molar-refractivity contribution in [2.45, 2.75) is 45.6 Å². The van der Waals surface area contributed by atoms with Crippen LogP contribution in [0.3, 0.4) is 0 Å². The van der Waals surface area contributed by atoms with Gasteiger partial charge in [-0.25, -0.2) is 4.98 Å². The highest BCUT2D eigenvalue weighted by molar-refractivity contribution is 5.35. The molecule has 1 aliphatic rings. The van der Waals surface area contributed by atoms with Crippen LogP contribution in [0.1, 0.15) is 44.1 Å². The van der Waals surface area contributed by atoms with E-state index in [0.29, 0.717) is 5.82 Å². The molecule has 1 aromatic heterocycles. The second-order valence-corrected chi connectivity index (χ2v) is 4.58. The molecule has 4 heteroatoms. The monoisotopic (exact) mass is 221 g/mol. The third kappa shape index (κ3) is 1.72. The summed E-state index contributed by atoms with van der Waals surface area (Å²) in [6, 6.07) is 0.203. The summed E-state index contributed by atoms with van der Waals surface area (Å²) >= 11 is 0. The smallest absolute Gasteiger partial charge is 0.293 e. The second-order valence-electron chi connectivity index (χ2n) is 4.58.